The van der Waals surface area contributed by atoms with Crippen molar-refractivity contribution in [2.24, 2.45) is 0 Å². The third-order valence-electron chi connectivity index (χ3n) is 5.06. The predicted molar refractivity (Wildman–Crippen MR) is 102 cm³/mol. The van der Waals surface area contributed by atoms with Crippen LogP contribution in [0.1, 0.15) is 49.5 Å². The number of amides is 5. The van der Waals surface area contributed by atoms with Crippen molar-refractivity contribution in [3.63, 3.8) is 0 Å². The summed E-state index contributed by atoms with van der Waals surface area (Å²) in [5.41, 5.74) is 0.663. The summed E-state index contributed by atoms with van der Waals surface area (Å²) in [6, 6.07) is 9.28. The molecule has 0 spiro atoms. The maximum absolute atomic E-state index is 13.0. The summed E-state index contributed by atoms with van der Waals surface area (Å²) in [6.07, 6.45) is 0.0478. The third-order valence-corrected chi connectivity index (χ3v) is 5.06. The number of fused-ring (bicyclic) bond motifs is 1. The quantitative estimate of drug-likeness (QED) is 0.748. The number of anilines is 1. The van der Waals surface area contributed by atoms with Crippen molar-refractivity contribution in [3.05, 3.63) is 64.7 Å². The molecule has 0 radical (unpaired) electrons. The van der Waals surface area contributed by atoms with Gasteiger partial charge in [0.2, 0.25) is 11.8 Å². The molecule has 1 atom stereocenters. The zero-order valence-corrected chi connectivity index (χ0v) is 15.6. The van der Waals surface area contributed by atoms with Gasteiger partial charge in [-0.15, -0.1) is 0 Å². The van der Waals surface area contributed by atoms with E-state index in [4.69, 9.17) is 0 Å². The molecule has 30 heavy (non-hydrogen) atoms. The van der Waals surface area contributed by atoms with Gasteiger partial charge in [0.15, 0.2) is 0 Å². The van der Waals surface area contributed by atoms with Gasteiger partial charge in [-0.3, -0.25) is 34.2 Å². The Bertz CT molecular complexity index is 1110. The second kappa shape index (κ2) is 7.51. The fraction of sp³-hybridized carbons (Fsp3) is 0.190. The molecule has 2 heterocycles. The van der Waals surface area contributed by atoms with Crippen LogP contribution >= 0.6 is 0 Å². The highest BCUT2D eigenvalue weighted by molar-refractivity contribution is 6.26. The van der Waals surface area contributed by atoms with Crippen molar-refractivity contribution in [1.82, 2.24) is 10.2 Å². The molecule has 0 aliphatic carbocycles. The fourth-order valence-electron chi connectivity index (χ4n) is 3.61. The molecule has 9 heteroatoms. The van der Waals surface area contributed by atoms with Crippen LogP contribution in [0.15, 0.2) is 42.5 Å². The molecular formula is C21H16FN3O5. The number of hydrogen-bond acceptors (Lipinski definition) is 5. The number of carbonyl (C=O) groups excluding carboxylic acids is 5. The van der Waals surface area contributed by atoms with Gasteiger partial charge in [0.1, 0.15) is 12.7 Å². The monoisotopic (exact) mass is 409 g/mol. The largest absolute Gasteiger partial charge is 0.321 e. The van der Waals surface area contributed by atoms with E-state index >= 15 is 0 Å². The normalized spacial score (nSPS) is 18.3. The first-order valence-corrected chi connectivity index (χ1v) is 9.21. The van der Waals surface area contributed by atoms with Crippen molar-refractivity contribution in [1.29, 1.82) is 0 Å². The van der Waals surface area contributed by atoms with E-state index < -0.39 is 42.3 Å². The number of piperidine rings is 1. The van der Waals surface area contributed by atoms with Crippen LogP contribution < -0.4 is 10.6 Å². The third kappa shape index (κ3) is 3.24. The van der Waals surface area contributed by atoms with Gasteiger partial charge in [-0.25, -0.2) is 4.39 Å². The standard InChI is InChI=1S/C21H16FN3O5/c22-10-11-3-1-4-12(9-11)18(27)23-14-6-2-5-13-17(14)21(30)25(20(13)29)15-7-8-16(26)24-19(15)28/h1-6,9,15H,7-8,10H2,(H,23,27)(H,24,26,28). The van der Waals surface area contributed by atoms with Gasteiger partial charge in [-0.2, -0.15) is 0 Å². The van der Waals surface area contributed by atoms with Crippen LogP contribution in [0, 0.1) is 0 Å². The van der Waals surface area contributed by atoms with E-state index in [1.165, 1.54) is 36.4 Å². The number of nitrogens with one attached hydrogen (secondary N) is 2. The summed E-state index contributed by atoms with van der Waals surface area (Å²) in [6.45, 7) is -0.726. The van der Waals surface area contributed by atoms with E-state index in [2.05, 4.69) is 10.6 Å². The summed E-state index contributed by atoms with van der Waals surface area (Å²) >= 11 is 0. The number of benzene rings is 2. The van der Waals surface area contributed by atoms with Gasteiger partial charge in [-0.1, -0.05) is 18.2 Å². The van der Waals surface area contributed by atoms with E-state index in [1.54, 1.807) is 6.07 Å². The van der Waals surface area contributed by atoms with Crippen LogP contribution in [0.2, 0.25) is 0 Å². The zero-order chi connectivity index (χ0) is 21.4. The first kappa shape index (κ1) is 19.4. The van der Waals surface area contributed by atoms with E-state index in [1.807, 2.05) is 0 Å². The average Bonchev–Trinajstić information content (AvgIpc) is 2.99. The number of alkyl halides is 1. The van der Waals surface area contributed by atoms with Gasteiger partial charge < -0.3 is 5.32 Å². The van der Waals surface area contributed by atoms with Crippen molar-refractivity contribution in [2.75, 3.05) is 5.32 Å². The number of nitrogens with zero attached hydrogens (tertiary/aromatic N) is 1. The van der Waals surface area contributed by atoms with Gasteiger partial charge in [0, 0.05) is 12.0 Å². The molecule has 2 aromatic rings. The highest BCUT2D eigenvalue weighted by Gasteiger charge is 2.45. The van der Waals surface area contributed by atoms with Crippen LogP contribution in [-0.4, -0.2) is 40.5 Å². The minimum atomic E-state index is -1.10. The van der Waals surface area contributed by atoms with Gasteiger partial charge >= 0.3 is 0 Å². The van der Waals surface area contributed by atoms with Crippen molar-refractivity contribution in [3.8, 4) is 0 Å². The first-order chi connectivity index (χ1) is 14.4. The summed E-state index contributed by atoms with van der Waals surface area (Å²) in [7, 11) is 0. The van der Waals surface area contributed by atoms with Gasteiger partial charge in [0.05, 0.1) is 16.8 Å². The molecule has 2 N–H and O–H groups in total. The number of rotatable bonds is 4. The average molecular weight is 409 g/mol. The van der Waals surface area contributed by atoms with Gasteiger partial charge in [0.25, 0.3) is 17.7 Å². The Balaban J connectivity index is 1.64. The SMILES string of the molecule is O=C1CCC(N2C(=O)c3cccc(NC(=O)c4cccc(CF)c4)c3C2=O)C(=O)N1. The molecule has 1 unspecified atom stereocenters. The molecule has 0 bridgehead atoms. The van der Waals surface area contributed by atoms with E-state index in [0.29, 0.717) is 5.56 Å². The second-order valence-corrected chi connectivity index (χ2v) is 6.96. The summed E-state index contributed by atoms with van der Waals surface area (Å²) < 4.78 is 12.9. The Labute approximate surface area is 170 Å². The molecule has 1 fully saturated rings. The summed E-state index contributed by atoms with van der Waals surface area (Å²) in [4.78, 5) is 62.8. The molecule has 0 aromatic heterocycles. The highest BCUT2D eigenvalue weighted by atomic mass is 19.1. The predicted octanol–water partition coefficient (Wildman–Crippen LogP) is 1.81. The van der Waals surface area contributed by atoms with Gasteiger partial charge in [-0.05, 0) is 36.2 Å². The number of carbonyl (C=O) groups is 5. The molecule has 4 rings (SSSR count). The Morgan fingerprint density at radius 1 is 1.10 bits per heavy atom. The lowest BCUT2D eigenvalue weighted by Crippen LogP contribution is -2.54. The Kier molecular flexibility index (Phi) is 4.86. The number of imide groups is 2. The topological polar surface area (TPSA) is 113 Å². The molecule has 152 valence electrons. The molecule has 2 aliphatic heterocycles. The lowest BCUT2D eigenvalue weighted by Gasteiger charge is -2.27. The van der Waals surface area contributed by atoms with Crippen molar-refractivity contribution in [2.45, 2.75) is 25.6 Å². The summed E-state index contributed by atoms with van der Waals surface area (Å²) in [5.74, 6) is -3.14. The van der Waals surface area contributed by atoms with Crippen LogP contribution in [0.25, 0.3) is 0 Å². The maximum atomic E-state index is 13.0. The Hall–Kier alpha value is -3.88. The first-order valence-electron chi connectivity index (χ1n) is 9.21. The number of hydrogen-bond donors (Lipinski definition) is 2. The van der Waals surface area contributed by atoms with E-state index in [-0.39, 0.29) is 35.2 Å². The van der Waals surface area contributed by atoms with Crippen molar-refractivity contribution >= 4 is 35.2 Å². The number of halogens is 1. The molecule has 5 amide bonds. The fourth-order valence-corrected chi connectivity index (χ4v) is 3.61. The lowest BCUT2D eigenvalue weighted by atomic mass is 10.0. The minimum absolute atomic E-state index is 0.0122. The van der Waals surface area contributed by atoms with Crippen LogP contribution in [0.4, 0.5) is 10.1 Å². The molecule has 0 saturated carbocycles. The Morgan fingerprint density at radius 3 is 2.60 bits per heavy atom. The second-order valence-electron chi connectivity index (χ2n) is 6.96. The van der Waals surface area contributed by atoms with E-state index in [9.17, 15) is 28.4 Å². The Morgan fingerprint density at radius 2 is 1.87 bits per heavy atom. The van der Waals surface area contributed by atoms with Crippen LogP contribution in [0.5, 0.6) is 0 Å². The molecule has 2 aliphatic rings. The lowest BCUT2D eigenvalue weighted by molar-refractivity contribution is -0.136. The van der Waals surface area contributed by atoms with E-state index in [0.717, 1.165) is 4.90 Å². The maximum Gasteiger partial charge on any atom is 0.264 e. The van der Waals surface area contributed by atoms with Crippen LogP contribution in [0.3, 0.4) is 0 Å². The summed E-state index contributed by atoms with van der Waals surface area (Å²) in [5, 5.41) is 4.72. The molecule has 1 saturated heterocycles. The zero-order valence-electron chi connectivity index (χ0n) is 15.6. The minimum Gasteiger partial charge on any atom is -0.321 e. The molecular weight excluding hydrogens is 393 g/mol. The molecule has 2 aromatic carbocycles. The smallest absolute Gasteiger partial charge is 0.264 e. The highest BCUT2D eigenvalue weighted by Crippen LogP contribution is 2.32. The molecule has 8 nitrogen and oxygen atoms in total. The van der Waals surface area contributed by atoms with Crippen molar-refractivity contribution < 1.29 is 28.4 Å². The van der Waals surface area contributed by atoms with Crippen LogP contribution in [-0.2, 0) is 16.3 Å².